The quantitative estimate of drug-likeness (QED) is 0.569. The Hall–Kier alpha value is -2.05. The van der Waals surface area contributed by atoms with Crippen molar-refractivity contribution in [3.63, 3.8) is 0 Å². The van der Waals surface area contributed by atoms with E-state index in [1.807, 2.05) is 12.1 Å². The monoisotopic (exact) mass is 345 g/mol. The number of ether oxygens (including phenoxy) is 2. The fourth-order valence-electron chi connectivity index (χ4n) is 4.25. The van der Waals surface area contributed by atoms with Crippen molar-refractivity contribution < 1.29 is 24.5 Å². The molecule has 6 heteroatoms. The lowest BCUT2D eigenvalue weighted by molar-refractivity contribution is -0.150. The van der Waals surface area contributed by atoms with Crippen LogP contribution in [0.15, 0.2) is 24.3 Å². The van der Waals surface area contributed by atoms with Gasteiger partial charge in [-0.2, -0.15) is 0 Å². The number of rotatable bonds is 3. The Morgan fingerprint density at radius 1 is 1.52 bits per heavy atom. The van der Waals surface area contributed by atoms with E-state index >= 15 is 0 Å². The van der Waals surface area contributed by atoms with Gasteiger partial charge in [0.2, 0.25) is 0 Å². The number of nitrogens with one attached hydrogen (secondary N) is 1. The number of carbonyl (C=O) groups is 1. The van der Waals surface area contributed by atoms with Crippen LogP contribution < -0.4 is 10.1 Å². The van der Waals surface area contributed by atoms with Crippen LogP contribution in [0, 0.1) is 0 Å². The van der Waals surface area contributed by atoms with Crippen LogP contribution in [0.2, 0.25) is 0 Å². The van der Waals surface area contributed by atoms with Crippen molar-refractivity contribution in [3.05, 3.63) is 35.4 Å². The van der Waals surface area contributed by atoms with E-state index in [-0.39, 0.29) is 29.8 Å². The average molecular weight is 345 g/mol. The van der Waals surface area contributed by atoms with Crippen LogP contribution in [0.4, 0.5) is 0 Å². The lowest BCUT2D eigenvalue weighted by Crippen LogP contribution is -2.43. The molecule has 0 saturated heterocycles. The fourth-order valence-corrected chi connectivity index (χ4v) is 4.25. The topological polar surface area (TPSA) is 88.0 Å². The number of carbonyl (C=O) groups excluding carboxylic acids is 1. The predicted molar refractivity (Wildman–Crippen MR) is 90.5 cm³/mol. The van der Waals surface area contributed by atoms with E-state index < -0.39 is 12.1 Å². The third-order valence-corrected chi connectivity index (χ3v) is 5.35. The van der Waals surface area contributed by atoms with Crippen molar-refractivity contribution >= 4 is 5.97 Å². The molecule has 1 aliphatic carbocycles. The Kier molecular flexibility index (Phi) is 3.96. The number of hydrogen-bond acceptors (Lipinski definition) is 6. The second-order valence-corrected chi connectivity index (χ2v) is 7.20. The molecule has 3 aliphatic rings. The van der Waals surface area contributed by atoms with E-state index in [1.54, 1.807) is 13.0 Å². The first-order chi connectivity index (χ1) is 12.0. The van der Waals surface area contributed by atoms with Crippen molar-refractivity contribution in [1.29, 1.82) is 0 Å². The summed E-state index contributed by atoms with van der Waals surface area (Å²) in [5.41, 5.74) is 1.91. The van der Waals surface area contributed by atoms with Gasteiger partial charge in [0.15, 0.2) is 11.5 Å². The van der Waals surface area contributed by atoms with E-state index in [1.165, 1.54) is 0 Å². The summed E-state index contributed by atoms with van der Waals surface area (Å²) in [5, 5.41) is 23.0. The Morgan fingerprint density at radius 3 is 3.16 bits per heavy atom. The maximum absolute atomic E-state index is 11.8. The summed E-state index contributed by atoms with van der Waals surface area (Å²) in [5.74, 6) is 0.305. The molecule has 4 rings (SSSR count). The van der Waals surface area contributed by atoms with Gasteiger partial charge in [-0.3, -0.25) is 4.79 Å². The molecule has 1 aromatic rings. The van der Waals surface area contributed by atoms with Crippen molar-refractivity contribution in [2.24, 2.45) is 0 Å². The van der Waals surface area contributed by atoms with E-state index in [0.29, 0.717) is 12.2 Å². The summed E-state index contributed by atoms with van der Waals surface area (Å²) in [6, 6.07) is 3.62. The molecule has 134 valence electrons. The molecule has 0 saturated carbocycles. The molecule has 0 amide bonds. The van der Waals surface area contributed by atoms with Gasteiger partial charge in [0.05, 0.1) is 17.9 Å². The molecule has 6 nitrogen and oxygen atoms in total. The van der Waals surface area contributed by atoms with Crippen LogP contribution in [-0.4, -0.2) is 41.0 Å². The highest BCUT2D eigenvalue weighted by Crippen LogP contribution is 2.55. The highest BCUT2D eigenvalue weighted by Gasteiger charge is 2.52. The third kappa shape index (κ3) is 2.69. The highest BCUT2D eigenvalue weighted by atomic mass is 16.5. The standard InChI is InChI=1S/C19H23NO5/c1-11(21)8-16(23)24-13-4-5-19-6-7-20-10-12-2-3-14(22)18(17(12)19)25-15(19)9-13/h2-5,11,13,15,20-22H,6-10H2,1H3/t11-,13-,15?,19-/m0/s1. The van der Waals surface area contributed by atoms with E-state index in [9.17, 15) is 15.0 Å². The molecule has 25 heavy (non-hydrogen) atoms. The number of aliphatic hydroxyl groups is 1. The van der Waals surface area contributed by atoms with Gasteiger partial charge in [-0.25, -0.2) is 0 Å². The van der Waals surface area contributed by atoms with Crippen LogP contribution >= 0.6 is 0 Å². The molecular weight excluding hydrogens is 322 g/mol. The number of esters is 1. The molecule has 0 aromatic heterocycles. The molecule has 3 N–H and O–H groups in total. The minimum atomic E-state index is -0.717. The molecule has 0 fully saturated rings. The molecule has 0 radical (unpaired) electrons. The molecule has 2 heterocycles. The highest BCUT2D eigenvalue weighted by molar-refractivity contribution is 5.70. The van der Waals surface area contributed by atoms with Crippen LogP contribution in [0.3, 0.4) is 0 Å². The molecule has 2 aliphatic heterocycles. The van der Waals surface area contributed by atoms with Crippen molar-refractivity contribution in [2.45, 2.75) is 56.5 Å². The van der Waals surface area contributed by atoms with E-state index in [0.717, 1.165) is 30.6 Å². The third-order valence-electron chi connectivity index (χ3n) is 5.35. The van der Waals surface area contributed by atoms with Gasteiger partial charge < -0.3 is 25.0 Å². The van der Waals surface area contributed by atoms with Crippen molar-refractivity contribution in [2.75, 3.05) is 6.54 Å². The summed E-state index contributed by atoms with van der Waals surface area (Å²) in [7, 11) is 0. The van der Waals surface area contributed by atoms with Crippen LogP contribution in [0.25, 0.3) is 0 Å². The SMILES string of the molecule is C[C@H](O)CC(=O)O[C@H]1C=C[C@@]23CCNCc4ccc(O)c(c42)OC3C1. The summed E-state index contributed by atoms with van der Waals surface area (Å²) in [6.45, 7) is 3.17. The maximum atomic E-state index is 11.8. The lowest BCUT2D eigenvalue weighted by Gasteiger charge is -2.36. The maximum Gasteiger partial charge on any atom is 0.308 e. The number of aromatic hydroxyl groups is 1. The van der Waals surface area contributed by atoms with E-state index in [4.69, 9.17) is 9.47 Å². The number of aliphatic hydroxyl groups excluding tert-OH is 1. The zero-order chi connectivity index (χ0) is 17.6. The zero-order valence-electron chi connectivity index (χ0n) is 14.2. The van der Waals surface area contributed by atoms with Crippen LogP contribution in [0.1, 0.15) is 37.3 Å². The second-order valence-electron chi connectivity index (χ2n) is 7.20. The van der Waals surface area contributed by atoms with Crippen molar-refractivity contribution in [3.8, 4) is 11.5 Å². The molecule has 0 bridgehead atoms. The summed E-state index contributed by atoms with van der Waals surface area (Å²) in [4.78, 5) is 11.8. The molecule has 1 aromatic carbocycles. The Balaban J connectivity index is 1.64. The minimum absolute atomic E-state index is 0.0178. The van der Waals surface area contributed by atoms with Crippen molar-refractivity contribution in [1.82, 2.24) is 5.32 Å². The van der Waals surface area contributed by atoms with Gasteiger partial charge in [0.25, 0.3) is 0 Å². The first kappa shape index (κ1) is 16.4. The fraction of sp³-hybridized carbons (Fsp3) is 0.526. The normalized spacial score (nSPS) is 30.6. The lowest BCUT2D eigenvalue weighted by atomic mass is 9.69. The predicted octanol–water partition coefficient (Wildman–Crippen LogP) is 1.53. The zero-order valence-corrected chi connectivity index (χ0v) is 14.2. The average Bonchev–Trinajstić information content (AvgIpc) is 2.77. The number of phenols is 1. The Bertz CT molecular complexity index is 729. The van der Waals surface area contributed by atoms with Gasteiger partial charge in [0, 0.05) is 18.5 Å². The van der Waals surface area contributed by atoms with Crippen LogP contribution in [0.5, 0.6) is 11.5 Å². The molecule has 1 unspecified atom stereocenters. The van der Waals surface area contributed by atoms with E-state index in [2.05, 4.69) is 11.4 Å². The molecule has 1 spiro atoms. The Morgan fingerprint density at radius 2 is 2.36 bits per heavy atom. The van der Waals surface area contributed by atoms with Gasteiger partial charge in [-0.05, 0) is 37.6 Å². The number of hydrogen-bond donors (Lipinski definition) is 3. The summed E-state index contributed by atoms with van der Waals surface area (Å²) < 4.78 is 11.6. The van der Waals surface area contributed by atoms with Gasteiger partial charge in [-0.1, -0.05) is 12.1 Å². The van der Waals surface area contributed by atoms with Crippen LogP contribution in [-0.2, 0) is 21.5 Å². The summed E-state index contributed by atoms with van der Waals surface area (Å²) in [6.07, 6.45) is 4.13. The largest absolute Gasteiger partial charge is 0.504 e. The smallest absolute Gasteiger partial charge is 0.308 e. The first-order valence-electron chi connectivity index (χ1n) is 8.79. The number of benzene rings is 1. The molecular formula is C19H23NO5. The second kappa shape index (κ2) is 6.04. The van der Waals surface area contributed by atoms with Gasteiger partial charge >= 0.3 is 5.97 Å². The summed E-state index contributed by atoms with van der Waals surface area (Å²) >= 11 is 0. The van der Waals surface area contributed by atoms with Gasteiger partial charge in [0.1, 0.15) is 12.2 Å². The number of phenolic OH excluding ortho intramolecular Hbond substituents is 1. The Labute approximate surface area is 146 Å². The van der Waals surface area contributed by atoms with Gasteiger partial charge in [-0.15, -0.1) is 0 Å². The minimum Gasteiger partial charge on any atom is -0.504 e. The first-order valence-corrected chi connectivity index (χ1v) is 8.79. The molecule has 4 atom stereocenters.